The third-order valence-electron chi connectivity index (χ3n) is 4.13. The first-order valence-electron chi connectivity index (χ1n) is 8.88. The van der Waals surface area contributed by atoms with Gasteiger partial charge in [0.1, 0.15) is 18.1 Å². The van der Waals surface area contributed by atoms with Gasteiger partial charge in [-0.1, -0.05) is 36.4 Å². The fraction of sp³-hybridized carbons (Fsp3) is 0.0909. The van der Waals surface area contributed by atoms with Gasteiger partial charge in [-0.3, -0.25) is 4.79 Å². The summed E-state index contributed by atoms with van der Waals surface area (Å²) in [6.07, 6.45) is 0. The lowest BCUT2D eigenvalue weighted by Crippen LogP contribution is -2.20. The largest absolute Gasteiger partial charge is 0.497 e. The van der Waals surface area contributed by atoms with Gasteiger partial charge in [-0.15, -0.1) is 0 Å². The summed E-state index contributed by atoms with van der Waals surface area (Å²) >= 11 is 0. The van der Waals surface area contributed by atoms with Crippen molar-refractivity contribution in [2.45, 2.75) is 6.61 Å². The monoisotopic (exact) mass is 391 g/mol. The number of hydrogen-bond donors (Lipinski definition) is 3. The first-order valence-corrected chi connectivity index (χ1v) is 8.88. The van der Waals surface area contributed by atoms with Gasteiger partial charge in [-0.25, -0.2) is 4.79 Å². The molecule has 0 aliphatic carbocycles. The zero-order valence-corrected chi connectivity index (χ0v) is 15.8. The van der Waals surface area contributed by atoms with Gasteiger partial charge in [0.2, 0.25) is 0 Å². The Balaban J connectivity index is 1.69. The van der Waals surface area contributed by atoms with E-state index in [-0.39, 0.29) is 6.61 Å². The molecular weight excluding hydrogens is 370 g/mol. The molecule has 0 saturated carbocycles. The van der Waals surface area contributed by atoms with Gasteiger partial charge in [-0.05, 0) is 30.3 Å². The number of nitrogens with two attached hydrogens (primary N) is 1. The van der Waals surface area contributed by atoms with Crippen molar-refractivity contribution >= 4 is 23.3 Å². The van der Waals surface area contributed by atoms with E-state index in [9.17, 15) is 9.59 Å². The van der Waals surface area contributed by atoms with Crippen molar-refractivity contribution in [2.75, 3.05) is 17.7 Å². The number of carbonyl (C=O) groups excluding carboxylic acids is 2. The molecule has 7 heteroatoms. The Morgan fingerprint density at radius 1 is 0.931 bits per heavy atom. The van der Waals surface area contributed by atoms with Gasteiger partial charge in [0.15, 0.2) is 0 Å². The van der Waals surface area contributed by atoms with Crippen LogP contribution in [0.3, 0.4) is 0 Å². The predicted octanol–water partition coefficient (Wildman–Crippen LogP) is 4.02. The van der Waals surface area contributed by atoms with Gasteiger partial charge in [0, 0.05) is 23.0 Å². The molecule has 0 heterocycles. The minimum Gasteiger partial charge on any atom is -0.497 e. The zero-order chi connectivity index (χ0) is 20.6. The maximum atomic E-state index is 12.4. The van der Waals surface area contributed by atoms with Crippen LogP contribution in [0.5, 0.6) is 11.5 Å². The number of nitrogens with one attached hydrogen (secondary N) is 2. The maximum absolute atomic E-state index is 12.4. The van der Waals surface area contributed by atoms with Crippen molar-refractivity contribution in [1.82, 2.24) is 0 Å². The topological polar surface area (TPSA) is 103 Å². The molecular formula is C22H21N3O4. The Bertz CT molecular complexity index is 1020. The van der Waals surface area contributed by atoms with Crippen LogP contribution in [0.25, 0.3) is 0 Å². The van der Waals surface area contributed by atoms with Gasteiger partial charge in [0.05, 0.1) is 12.7 Å². The van der Waals surface area contributed by atoms with E-state index in [1.54, 1.807) is 61.7 Å². The number of anilines is 2. The van der Waals surface area contributed by atoms with E-state index in [0.29, 0.717) is 28.4 Å². The molecule has 3 amide bonds. The fourth-order valence-electron chi connectivity index (χ4n) is 2.71. The Hall–Kier alpha value is -4.00. The highest BCUT2D eigenvalue weighted by atomic mass is 16.5. The third kappa shape index (κ3) is 5.26. The van der Waals surface area contributed by atoms with Crippen LogP contribution < -0.4 is 25.8 Å². The van der Waals surface area contributed by atoms with Crippen LogP contribution in [0.2, 0.25) is 0 Å². The third-order valence-corrected chi connectivity index (χ3v) is 4.13. The summed E-state index contributed by atoms with van der Waals surface area (Å²) in [5.41, 5.74) is 7.61. The summed E-state index contributed by atoms with van der Waals surface area (Å²) < 4.78 is 10.9. The lowest BCUT2D eigenvalue weighted by atomic mass is 10.1. The Labute approximate surface area is 168 Å². The summed E-state index contributed by atoms with van der Waals surface area (Å²) in [7, 11) is 1.56. The van der Waals surface area contributed by atoms with Crippen molar-refractivity contribution in [2.24, 2.45) is 5.73 Å². The lowest BCUT2D eigenvalue weighted by molar-refractivity contribution is 0.0996. The number of methoxy groups -OCH3 is 1. The SMILES string of the molecule is COc1cccc(NC(=O)Nc2ccccc2COc2ccccc2C(N)=O)c1. The van der Waals surface area contributed by atoms with E-state index in [0.717, 1.165) is 5.56 Å². The average molecular weight is 391 g/mol. The highest BCUT2D eigenvalue weighted by Gasteiger charge is 2.11. The van der Waals surface area contributed by atoms with E-state index in [1.807, 2.05) is 18.2 Å². The molecule has 0 atom stereocenters. The molecule has 0 radical (unpaired) electrons. The minimum atomic E-state index is -0.565. The van der Waals surface area contributed by atoms with Gasteiger partial charge in [-0.2, -0.15) is 0 Å². The molecule has 0 unspecified atom stereocenters. The summed E-state index contributed by atoms with van der Waals surface area (Å²) in [6, 6.07) is 20.6. The van der Waals surface area contributed by atoms with E-state index >= 15 is 0 Å². The highest BCUT2D eigenvalue weighted by molar-refractivity contribution is 6.00. The maximum Gasteiger partial charge on any atom is 0.323 e. The first kappa shape index (κ1) is 19.8. The van der Waals surface area contributed by atoms with Gasteiger partial charge in [0.25, 0.3) is 5.91 Å². The molecule has 0 spiro atoms. The smallest absolute Gasteiger partial charge is 0.323 e. The molecule has 4 N–H and O–H groups in total. The van der Waals surface area contributed by atoms with Gasteiger partial charge >= 0.3 is 6.03 Å². The standard InChI is InChI=1S/C22H21N3O4/c1-28-17-9-6-8-16(13-17)24-22(27)25-19-11-4-2-7-15(19)14-29-20-12-5-3-10-18(20)21(23)26/h2-13H,14H2,1H3,(H2,23,26)(H2,24,25,27). The molecule has 0 fully saturated rings. The number of ether oxygens (including phenoxy) is 2. The van der Waals surface area contributed by atoms with E-state index in [1.165, 1.54) is 0 Å². The van der Waals surface area contributed by atoms with Crippen LogP contribution in [-0.2, 0) is 6.61 Å². The van der Waals surface area contributed by atoms with Crippen LogP contribution in [0, 0.1) is 0 Å². The number of hydrogen-bond acceptors (Lipinski definition) is 4. The molecule has 0 aromatic heterocycles. The molecule has 0 aliphatic rings. The molecule has 0 bridgehead atoms. The summed E-state index contributed by atoms with van der Waals surface area (Å²) in [5.74, 6) is 0.463. The zero-order valence-electron chi connectivity index (χ0n) is 15.8. The van der Waals surface area contributed by atoms with Crippen molar-refractivity contribution in [1.29, 1.82) is 0 Å². The van der Waals surface area contributed by atoms with E-state index in [2.05, 4.69) is 10.6 Å². The van der Waals surface area contributed by atoms with Crippen molar-refractivity contribution in [3.05, 3.63) is 83.9 Å². The van der Waals surface area contributed by atoms with Crippen LogP contribution in [0.15, 0.2) is 72.8 Å². The Morgan fingerprint density at radius 2 is 1.69 bits per heavy atom. The predicted molar refractivity (Wildman–Crippen MR) is 111 cm³/mol. The lowest BCUT2D eigenvalue weighted by Gasteiger charge is -2.14. The number of urea groups is 1. The van der Waals surface area contributed by atoms with Crippen LogP contribution in [0.4, 0.5) is 16.2 Å². The Kier molecular flexibility index (Phi) is 6.32. The second-order valence-electron chi connectivity index (χ2n) is 6.12. The second kappa shape index (κ2) is 9.27. The second-order valence-corrected chi connectivity index (χ2v) is 6.12. The van der Waals surface area contributed by atoms with Gasteiger partial charge < -0.3 is 25.8 Å². The molecule has 3 aromatic carbocycles. The van der Waals surface area contributed by atoms with Crippen molar-refractivity contribution in [3.63, 3.8) is 0 Å². The fourth-order valence-corrected chi connectivity index (χ4v) is 2.71. The quantitative estimate of drug-likeness (QED) is 0.566. The van der Waals surface area contributed by atoms with Crippen LogP contribution in [-0.4, -0.2) is 19.0 Å². The highest BCUT2D eigenvalue weighted by Crippen LogP contribution is 2.22. The summed E-state index contributed by atoms with van der Waals surface area (Å²) in [4.78, 5) is 23.9. The number of carbonyl (C=O) groups is 2. The number of amides is 3. The normalized spacial score (nSPS) is 10.1. The first-order chi connectivity index (χ1) is 14.1. The molecule has 3 rings (SSSR count). The van der Waals surface area contributed by atoms with Crippen molar-refractivity contribution < 1.29 is 19.1 Å². The average Bonchev–Trinajstić information content (AvgIpc) is 2.73. The number of rotatable bonds is 7. The van der Waals surface area contributed by atoms with E-state index < -0.39 is 11.9 Å². The number of para-hydroxylation sites is 2. The molecule has 29 heavy (non-hydrogen) atoms. The van der Waals surface area contributed by atoms with Crippen molar-refractivity contribution in [3.8, 4) is 11.5 Å². The molecule has 3 aromatic rings. The number of benzene rings is 3. The molecule has 0 saturated heterocycles. The summed E-state index contributed by atoms with van der Waals surface area (Å²) in [5, 5.41) is 5.57. The Morgan fingerprint density at radius 3 is 2.48 bits per heavy atom. The molecule has 0 aliphatic heterocycles. The van der Waals surface area contributed by atoms with E-state index in [4.69, 9.17) is 15.2 Å². The molecule has 148 valence electrons. The summed E-state index contributed by atoms with van der Waals surface area (Å²) in [6.45, 7) is 0.153. The van der Waals surface area contributed by atoms with Crippen LogP contribution >= 0.6 is 0 Å². The number of primary amides is 1. The van der Waals surface area contributed by atoms with Crippen LogP contribution in [0.1, 0.15) is 15.9 Å². The molecule has 7 nitrogen and oxygen atoms in total. The minimum absolute atomic E-state index is 0.153.